The summed E-state index contributed by atoms with van der Waals surface area (Å²) in [5.41, 5.74) is 6.70. The molecule has 1 aliphatic carbocycles. The first-order valence-electron chi connectivity index (χ1n) is 6.94. The number of halogens is 1. The molecule has 1 aromatic rings. The van der Waals surface area contributed by atoms with Gasteiger partial charge in [0, 0.05) is 11.7 Å². The van der Waals surface area contributed by atoms with Gasteiger partial charge in [0.15, 0.2) is 0 Å². The fraction of sp³-hybridized carbons (Fsp3) is 0.533. The Labute approximate surface area is 119 Å². The van der Waals surface area contributed by atoms with Gasteiger partial charge in [0.25, 0.3) is 5.91 Å². The maximum atomic E-state index is 12.2. The molecule has 1 fully saturated rings. The summed E-state index contributed by atoms with van der Waals surface area (Å²) in [5, 5.41) is 3.47. The zero-order valence-electron chi connectivity index (χ0n) is 11.3. The van der Waals surface area contributed by atoms with E-state index in [1.54, 1.807) is 18.2 Å². The molecule has 0 aliphatic heterocycles. The second-order valence-corrected chi connectivity index (χ2v) is 5.81. The number of carbonyl (C=O) groups is 1. The average Bonchev–Trinajstić information content (AvgIpc) is 2.39. The second-order valence-electron chi connectivity index (χ2n) is 5.40. The Morgan fingerprint density at radius 2 is 2.05 bits per heavy atom. The molecular weight excluding hydrogens is 260 g/mol. The Morgan fingerprint density at radius 1 is 1.37 bits per heavy atom. The predicted octanol–water partition coefficient (Wildman–Crippen LogP) is 3.62. The van der Waals surface area contributed by atoms with Crippen molar-refractivity contribution < 1.29 is 4.79 Å². The maximum absolute atomic E-state index is 12.2. The van der Waals surface area contributed by atoms with E-state index in [1.807, 2.05) is 0 Å². The van der Waals surface area contributed by atoms with Gasteiger partial charge in [-0.1, -0.05) is 30.9 Å². The minimum Gasteiger partial charge on any atom is -0.399 e. The summed E-state index contributed by atoms with van der Waals surface area (Å²) in [6, 6.07) is 5.19. The number of rotatable bonds is 3. The van der Waals surface area contributed by atoms with Crippen LogP contribution in [0.3, 0.4) is 0 Å². The van der Waals surface area contributed by atoms with Crippen molar-refractivity contribution >= 4 is 23.2 Å². The van der Waals surface area contributed by atoms with Crippen molar-refractivity contribution in [2.24, 2.45) is 5.92 Å². The van der Waals surface area contributed by atoms with E-state index in [2.05, 4.69) is 12.2 Å². The molecule has 1 aromatic carbocycles. The van der Waals surface area contributed by atoms with E-state index >= 15 is 0 Å². The van der Waals surface area contributed by atoms with Crippen LogP contribution < -0.4 is 11.1 Å². The Hall–Kier alpha value is -1.22. The molecule has 0 bridgehead atoms. The van der Waals surface area contributed by atoms with E-state index in [4.69, 9.17) is 17.3 Å². The van der Waals surface area contributed by atoms with Gasteiger partial charge in [-0.05, 0) is 43.9 Å². The van der Waals surface area contributed by atoms with Crippen LogP contribution in [0.4, 0.5) is 5.69 Å². The number of nitrogens with one attached hydrogen (secondary N) is 1. The SMILES string of the molecule is CC(NC(=O)c1ccc(N)cc1Cl)C1CCCCC1. The van der Waals surface area contributed by atoms with Gasteiger partial charge in [-0.25, -0.2) is 0 Å². The van der Waals surface area contributed by atoms with E-state index < -0.39 is 0 Å². The van der Waals surface area contributed by atoms with E-state index in [-0.39, 0.29) is 11.9 Å². The van der Waals surface area contributed by atoms with Crippen LogP contribution in [0.1, 0.15) is 49.4 Å². The van der Waals surface area contributed by atoms with Crippen molar-refractivity contribution in [2.75, 3.05) is 5.73 Å². The molecule has 0 aromatic heterocycles. The van der Waals surface area contributed by atoms with Gasteiger partial charge in [-0.3, -0.25) is 4.79 Å². The van der Waals surface area contributed by atoms with Crippen LogP contribution in [-0.2, 0) is 0 Å². The number of benzene rings is 1. The van der Waals surface area contributed by atoms with Crippen LogP contribution in [-0.4, -0.2) is 11.9 Å². The average molecular weight is 281 g/mol. The van der Waals surface area contributed by atoms with E-state index in [9.17, 15) is 4.79 Å². The molecule has 1 saturated carbocycles. The smallest absolute Gasteiger partial charge is 0.253 e. The summed E-state index contributed by atoms with van der Waals surface area (Å²) in [7, 11) is 0. The number of carbonyl (C=O) groups excluding carboxylic acids is 1. The van der Waals surface area contributed by atoms with E-state index in [1.165, 1.54) is 32.1 Å². The van der Waals surface area contributed by atoms with Crippen molar-refractivity contribution in [3.8, 4) is 0 Å². The summed E-state index contributed by atoms with van der Waals surface area (Å²) in [4.78, 5) is 12.2. The predicted molar refractivity (Wildman–Crippen MR) is 79.4 cm³/mol. The zero-order valence-corrected chi connectivity index (χ0v) is 12.0. The molecule has 0 saturated heterocycles. The number of hydrogen-bond acceptors (Lipinski definition) is 2. The van der Waals surface area contributed by atoms with Crippen LogP contribution >= 0.6 is 11.6 Å². The molecule has 0 spiro atoms. The van der Waals surface area contributed by atoms with Crippen LogP contribution in [0, 0.1) is 5.92 Å². The first-order valence-corrected chi connectivity index (χ1v) is 7.31. The quantitative estimate of drug-likeness (QED) is 0.831. The molecule has 1 aliphatic rings. The zero-order chi connectivity index (χ0) is 13.8. The highest BCUT2D eigenvalue weighted by atomic mass is 35.5. The molecule has 1 atom stereocenters. The Balaban J connectivity index is 1.99. The lowest BCUT2D eigenvalue weighted by Gasteiger charge is -2.28. The van der Waals surface area contributed by atoms with Gasteiger partial charge < -0.3 is 11.1 Å². The highest BCUT2D eigenvalue weighted by Crippen LogP contribution is 2.27. The molecule has 4 heteroatoms. The first kappa shape index (κ1) is 14.2. The van der Waals surface area contributed by atoms with Crippen molar-refractivity contribution in [3.63, 3.8) is 0 Å². The lowest BCUT2D eigenvalue weighted by Crippen LogP contribution is -2.39. The van der Waals surface area contributed by atoms with Crippen molar-refractivity contribution in [3.05, 3.63) is 28.8 Å². The summed E-state index contributed by atoms with van der Waals surface area (Å²) in [6.07, 6.45) is 6.27. The first-order chi connectivity index (χ1) is 9.08. The lowest BCUT2D eigenvalue weighted by molar-refractivity contribution is 0.0919. The van der Waals surface area contributed by atoms with Gasteiger partial charge in [0.05, 0.1) is 10.6 Å². The van der Waals surface area contributed by atoms with Crippen molar-refractivity contribution in [2.45, 2.75) is 45.1 Å². The standard InChI is InChI=1S/C15H21ClN2O/c1-10(11-5-3-2-4-6-11)18-15(19)13-8-7-12(17)9-14(13)16/h7-11H,2-6,17H2,1H3,(H,18,19). The monoisotopic (exact) mass is 280 g/mol. The molecular formula is C15H21ClN2O. The molecule has 19 heavy (non-hydrogen) atoms. The molecule has 2 rings (SSSR count). The van der Waals surface area contributed by atoms with Crippen molar-refractivity contribution in [1.82, 2.24) is 5.32 Å². The molecule has 1 amide bonds. The molecule has 1 unspecified atom stereocenters. The maximum Gasteiger partial charge on any atom is 0.253 e. The van der Waals surface area contributed by atoms with Crippen LogP contribution in [0.15, 0.2) is 18.2 Å². The summed E-state index contributed by atoms with van der Waals surface area (Å²) in [5.74, 6) is 0.480. The van der Waals surface area contributed by atoms with E-state index in [0.717, 1.165) is 0 Å². The number of nitrogens with two attached hydrogens (primary N) is 1. The molecule has 0 heterocycles. The van der Waals surface area contributed by atoms with Crippen LogP contribution in [0.2, 0.25) is 5.02 Å². The summed E-state index contributed by atoms with van der Waals surface area (Å²) < 4.78 is 0. The molecule has 0 radical (unpaired) electrons. The van der Waals surface area contributed by atoms with Gasteiger partial charge >= 0.3 is 0 Å². The Morgan fingerprint density at radius 3 is 2.68 bits per heavy atom. The largest absolute Gasteiger partial charge is 0.399 e. The number of anilines is 1. The fourth-order valence-corrected chi connectivity index (χ4v) is 3.03. The Bertz CT molecular complexity index is 455. The third-order valence-corrected chi connectivity index (χ3v) is 4.27. The lowest BCUT2D eigenvalue weighted by atomic mass is 9.84. The molecule has 3 nitrogen and oxygen atoms in total. The third kappa shape index (κ3) is 3.63. The number of nitrogen functional groups attached to an aromatic ring is 1. The van der Waals surface area contributed by atoms with Crippen molar-refractivity contribution in [1.29, 1.82) is 0 Å². The molecule has 3 N–H and O–H groups in total. The van der Waals surface area contributed by atoms with Gasteiger partial charge in [0.1, 0.15) is 0 Å². The van der Waals surface area contributed by atoms with Gasteiger partial charge in [-0.2, -0.15) is 0 Å². The second kappa shape index (κ2) is 6.29. The van der Waals surface area contributed by atoms with Gasteiger partial charge in [-0.15, -0.1) is 0 Å². The minimum absolute atomic E-state index is 0.108. The third-order valence-electron chi connectivity index (χ3n) is 3.95. The Kier molecular flexibility index (Phi) is 4.70. The van der Waals surface area contributed by atoms with E-state index in [0.29, 0.717) is 22.2 Å². The summed E-state index contributed by atoms with van der Waals surface area (Å²) >= 11 is 6.05. The van der Waals surface area contributed by atoms with Crippen LogP contribution in [0.5, 0.6) is 0 Å². The van der Waals surface area contributed by atoms with Gasteiger partial charge in [0.2, 0.25) is 0 Å². The minimum atomic E-state index is -0.108. The van der Waals surface area contributed by atoms with Crippen LogP contribution in [0.25, 0.3) is 0 Å². The number of amides is 1. The number of hydrogen-bond donors (Lipinski definition) is 2. The summed E-state index contributed by atoms with van der Waals surface area (Å²) in [6.45, 7) is 2.08. The highest BCUT2D eigenvalue weighted by molar-refractivity contribution is 6.34. The highest BCUT2D eigenvalue weighted by Gasteiger charge is 2.22. The molecule has 104 valence electrons. The normalized spacial score (nSPS) is 18.0. The topological polar surface area (TPSA) is 55.1 Å². The fourth-order valence-electron chi connectivity index (χ4n) is 2.75.